The Labute approximate surface area is 113 Å². The zero-order chi connectivity index (χ0) is 14.9. The molecule has 0 bridgehead atoms. The summed E-state index contributed by atoms with van der Waals surface area (Å²) in [7, 11) is 0. The van der Waals surface area contributed by atoms with Gasteiger partial charge in [-0.2, -0.15) is 0 Å². The standard InChI is InChI=1S/C11H14N6O3/c12-5(2-18)9(19)10(20)6(13)4-1-15-8-7(4)16-3-17-11(8)14/h1,3-4,9-10,12-13,18-20H,2H2,(H2,14,16,17)/t4?,9-,10+/m0/s1. The van der Waals surface area contributed by atoms with Gasteiger partial charge in [-0.05, 0) is 0 Å². The summed E-state index contributed by atoms with van der Waals surface area (Å²) >= 11 is 0. The fraction of sp³-hybridized carbons (Fsp3) is 0.364. The molecule has 0 fully saturated rings. The molecule has 1 aliphatic heterocycles. The molecule has 0 amide bonds. The molecule has 1 aliphatic rings. The van der Waals surface area contributed by atoms with Crippen LogP contribution in [-0.2, 0) is 0 Å². The van der Waals surface area contributed by atoms with Gasteiger partial charge in [0.1, 0.15) is 24.2 Å². The Morgan fingerprint density at radius 2 is 2.00 bits per heavy atom. The second-order valence-electron chi connectivity index (χ2n) is 4.28. The van der Waals surface area contributed by atoms with Gasteiger partial charge in [-0.3, -0.25) is 4.99 Å². The summed E-state index contributed by atoms with van der Waals surface area (Å²) in [4.78, 5) is 11.7. The highest BCUT2D eigenvalue weighted by Gasteiger charge is 2.34. The van der Waals surface area contributed by atoms with Gasteiger partial charge in [0.05, 0.1) is 29.6 Å². The van der Waals surface area contributed by atoms with Crippen molar-refractivity contribution >= 4 is 29.1 Å². The van der Waals surface area contributed by atoms with Gasteiger partial charge >= 0.3 is 0 Å². The van der Waals surface area contributed by atoms with Crippen LogP contribution in [0.1, 0.15) is 11.6 Å². The summed E-state index contributed by atoms with van der Waals surface area (Å²) < 4.78 is 0. The van der Waals surface area contributed by atoms with E-state index >= 15 is 0 Å². The molecule has 7 N–H and O–H groups in total. The predicted molar refractivity (Wildman–Crippen MR) is 71.9 cm³/mol. The highest BCUT2D eigenvalue weighted by molar-refractivity contribution is 6.10. The van der Waals surface area contributed by atoms with E-state index < -0.39 is 30.4 Å². The second-order valence-corrected chi connectivity index (χ2v) is 4.28. The van der Waals surface area contributed by atoms with Crippen molar-refractivity contribution in [3.8, 4) is 0 Å². The van der Waals surface area contributed by atoms with Crippen molar-refractivity contribution in [2.45, 2.75) is 18.1 Å². The van der Waals surface area contributed by atoms with E-state index in [1.165, 1.54) is 12.5 Å². The van der Waals surface area contributed by atoms with Gasteiger partial charge in [0, 0.05) is 6.21 Å². The molecule has 0 aliphatic carbocycles. The lowest BCUT2D eigenvalue weighted by atomic mass is 9.93. The number of aliphatic imine (C=N–C) groups is 1. The van der Waals surface area contributed by atoms with Gasteiger partial charge < -0.3 is 31.9 Å². The van der Waals surface area contributed by atoms with E-state index in [4.69, 9.17) is 21.7 Å². The van der Waals surface area contributed by atoms with Gasteiger partial charge in [0.15, 0.2) is 5.82 Å². The second kappa shape index (κ2) is 5.41. The molecule has 9 heteroatoms. The van der Waals surface area contributed by atoms with Gasteiger partial charge in [0.25, 0.3) is 0 Å². The van der Waals surface area contributed by atoms with Crippen molar-refractivity contribution < 1.29 is 15.3 Å². The zero-order valence-corrected chi connectivity index (χ0v) is 10.4. The van der Waals surface area contributed by atoms with Crippen LogP contribution < -0.4 is 5.73 Å². The Hall–Kier alpha value is -2.23. The Morgan fingerprint density at radius 3 is 2.65 bits per heavy atom. The molecule has 1 aromatic heterocycles. The minimum Gasteiger partial charge on any atom is -0.390 e. The Bertz CT molecular complexity index is 588. The summed E-state index contributed by atoms with van der Waals surface area (Å²) in [6.45, 7) is -0.698. The topological polar surface area (TPSA) is 173 Å². The van der Waals surface area contributed by atoms with Gasteiger partial charge in [-0.15, -0.1) is 0 Å². The molecule has 0 saturated heterocycles. The first-order valence-corrected chi connectivity index (χ1v) is 5.74. The van der Waals surface area contributed by atoms with Crippen LogP contribution in [0.5, 0.6) is 0 Å². The molecule has 0 radical (unpaired) electrons. The molecular formula is C11H14N6O3. The number of aliphatic hydroxyl groups is 3. The van der Waals surface area contributed by atoms with Crippen LogP contribution in [0.3, 0.4) is 0 Å². The Kier molecular flexibility index (Phi) is 3.84. The number of hydrogen-bond acceptors (Lipinski definition) is 9. The van der Waals surface area contributed by atoms with E-state index in [1.54, 1.807) is 0 Å². The van der Waals surface area contributed by atoms with Gasteiger partial charge in [-0.25, -0.2) is 9.97 Å². The number of fused-ring (bicyclic) bond motifs is 1. The van der Waals surface area contributed by atoms with Crippen LogP contribution in [0.25, 0.3) is 0 Å². The lowest BCUT2D eigenvalue weighted by Gasteiger charge is -2.21. The van der Waals surface area contributed by atoms with Crippen LogP contribution in [0.15, 0.2) is 11.3 Å². The van der Waals surface area contributed by atoms with Crippen LogP contribution >= 0.6 is 0 Å². The quantitative estimate of drug-likeness (QED) is 0.362. The lowest BCUT2D eigenvalue weighted by molar-refractivity contribution is 0.0992. The van der Waals surface area contributed by atoms with Crippen molar-refractivity contribution in [1.82, 2.24) is 9.97 Å². The molecule has 1 aromatic rings. The highest BCUT2D eigenvalue weighted by Crippen LogP contribution is 2.34. The lowest BCUT2D eigenvalue weighted by Crippen LogP contribution is -2.42. The first-order valence-electron chi connectivity index (χ1n) is 5.74. The van der Waals surface area contributed by atoms with E-state index in [0.29, 0.717) is 11.4 Å². The van der Waals surface area contributed by atoms with Crippen LogP contribution in [0.4, 0.5) is 11.5 Å². The summed E-state index contributed by atoms with van der Waals surface area (Å²) in [5.41, 5.74) is 5.57. The zero-order valence-electron chi connectivity index (χ0n) is 10.4. The predicted octanol–water partition coefficient (Wildman–Crippen LogP) is -1.39. The van der Waals surface area contributed by atoms with Crippen molar-refractivity contribution in [3.05, 3.63) is 12.0 Å². The van der Waals surface area contributed by atoms with Gasteiger partial charge in [0.2, 0.25) is 0 Å². The van der Waals surface area contributed by atoms with Crippen molar-refractivity contribution in [2.24, 2.45) is 4.99 Å². The van der Waals surface area contributed by atoms with E-state index in [9.17, 15) is 10.2 Å². The third kappa shape index (κ3) is 2.29. The molecule has 0 aromatic carbocycles. The fourth-order valence-corrected chi connectivity index (χ4v) is 1.85. The normalized spacial score (nSPS) is 19.4. The SMILES string of the molecule is N=C(C1C=Nc2c(N)ncnc21)[C@@H](O)[C@@H](O)C(=N)CO. The molecule has 3 atom stereocenters. The smallest absolute Gasteiger partial charge is 0.153 e. The summed E-state index contributed by atoms with van der Waals surface area (Å²) in [6, 6.07) is 0. The van der Waals surface area contributed by atoms with E-state index in [2.05, 4.69) is 15.0 Å². The van der Waals surface area contributed by atoms with E-state index in [1.807, 2.05) is 0 Å². The highest BCUT2D eigenvalue weighted by atomic mass is 16.3. The minimum atomic E-state index is -1.65. The van der Waals surface area contributed by atoms with Crippen molar-refractivity contribution in [1.29, 1.82) is 10.8 Å². The molecule has 2 rings (SSSR count). The number of rotatable bonds is 5. The largest absolute Gasteiger partial charge is 0.390 e. The number of nitrogens with one attached hydrogen (secondary N) is 2. The number of nitrogens with two attached hydrogens (primary N) is 1. The van der Waals surface area contributed by atoms with Gasteiger partial charge in [-0.1, -0.05) is 0 Å². The molecule has 0 spiro atoms. The number of hydrogen-bond donors (Lipinski definition) is 6. The maximum atomic E-state index is 9.88. The fourth-order valence-electron chi connectivity index (χ4n) is 1.85. The third-order valence-electron chi connectivity index (χ3n) is 3.01. The van der Waals surface area contributed by atoms with Crippen molar-refractivity contribution in [2.75, 3.05) is 12.3 Å². The Balaban J connectivity index is 2.23. The first kappa shape index (κ1) is 14.2. The Morgan fingerprint density at radius 1 is 1.30 bits per heavy atom. The molecule has 9 nitrogen and oxygen atoms in total. The summed E-state index contributed by atoms with van der Waals surface area (Å²) in [5, 5.41) is 43.5. The number of nitrogen functional groups attached to an aromatic ring is 1. The first-order chi connectivity index (χ1) is 9.47. The number of anilines is 1. The number of nitrogens with zero attached hydrogens (tertiary/aromatic N) is 3. The molecule has 20 heavy (non-hydrogen) atoms. The molecule has 0 saturated carbocycles. The van der Waals surface area contributed by atoms with Crippen LogP contribution in [-0.4, -0.2) is 61.7 Å². The maximum Gasteiger partial charge on any atom is 0.153 e. The van der Waals surface area contributed by atoms with Crippen molar-refractivity contribution in [3.63, 3.8) is 0 Å². The monoisotopic (exact) mass is 278 g/mol. The minimum absolute atomic E-state index is 0.166. The maximum absolute atomic E-state index is 9.88. The number of aromatic nitrogens is 2. The summed E-state index contributed by atoms with van der Waals surface area (Å²) in [5.74, 6) is -0.578. The van der Waals surface area contributed by atoms with E-state index in [0.717, 1.165) is 0 Å². The molecular weight excluding hydrogens is 264 g/mol. The third-order valence-corrected chi connectivity index (χ3v) is 3.01. The molecule has 2 heterocycles. The average Bonchev–Trinajstić information content (AvgIpc) is 2.89. The summed E-state index contributed by atoms with van der Waals surface area (Å²) in [6.07, 6.45) is -0.685. The molecule has 1 unspecified atom stereocenters. The molecule has 106 valence electrons. The van der Waals surface area contributed by atoms with E-state index in [-0.39, 0.29) is 11.5 Å². The number of aliphatic hydroxyl groups excluding tert-OH is 3. The van der Waals surface area contributed by atoms with Crippen LogP contribution in [0, 0.1) is 10.8 Å². The van der Waals surface area contributed by atoms with Crippen LogP contribution in [0.2, 0.25) is 0 Å². The average molecular weight is 278 g/mol.